The van der Waals surface area contributed by atoms with Gasteiger partial charge in [0.1, 0.15) is 0 Å². The zero-order valence-corrected chi connectivity index (χ0v) is 11.6. The van der Waals surface area contributed by atoms with E-state index >= 15 is 0 Å². The van der Waals surface area contributed by atoms with E-state index in [0.29, 0.717) is 17.9 Å². The van der Waals surface area contributed by atoms with Crippen LogP contribution in [0, 0.1) is 5.92 Å². The summed E-state index contributed by atoms with van der Waals surface area (Å²) in [5.74, 6) is 0.708. The Hall–Kier alpha value is -1.35. The van der Waals surface area contributed by atoms with Gasteiger partial charge >= 0.3 is 0 Å². The largest absolute Gasteiger partial charge is 0.339 e. The molecule has 0 aromatic heterocycles. The fraction of sp³-hybridized carbons (Fsp3) is 0.562. The molecule has 0 radical (unpaired) electrons. The van der Waals surface area contributed by atoms with Crippen LogP contribution in [0.5, 0.6) is 0 Å². The number of piperazine rings is 1. The molecule has 1 amide bonds. The van der Waals surface area contributed by atoms with Crippen LogP contribution in [0.3, 0.4) is 0 Å². The van der Waals surface area contributed by atoms with E-state index in [1.807, 2.05) is 6.07 Å². The third-order valence-corrected chi connectivity index (χ3v) is 4.60. The minimum absolute atomic E-state index is 0.319. The number of rotatable bonds is 2. The Bertz CT molecular complexity index is 441. The van der Waals surface area contributed by atoms with Gasteiger partial charge in [-0.3, -0.25) is 9.69 Å². The second kappa shape index (κ2) is 5.33. The van der Waals surface area contributed by atoms with E-state index in [9.17, 15) is 4.79 Å². The van der Waals surface area contributed by atoms with Crippen molar-refractivity contribution in [2.75, 3.05) is 26.7 Å². The number of likely N-dealkylation sites (N-methyl/N-ethyl adjacent to an activating group) is 1. The highest BCUT2D eigenvalue weighted by Crippen LogP contribution is 2.31. The van der Waals surface area contributed by atoms with Crippen LogP contribution < -0.4 is 0 Å². The Morgan fingerprint density at radius 3 is 2.53 bits per heavy atom. The maximum atomic E-state index is 12.4. The number of carbonyl (C=O) groups excluding carboxylic acids is 1. The number of hydrogen-bond donors (Lipinski definition) is 0. The lowest BCUT2D eigenvalue weighted by atomic mass is 9.84. The zero-order chi connectivity index (χ0) is 13.2. The van der Waals surface area contributed by atoms with E-state index in [4.69, 9.17) is 0 Å². The van der Waals surface area contributed by atoms with Crippen molar-refractivity contribution in [2.24, 2.45) is 5.92 Å². The van der Waals surface area contributed by atoms with E-state index in [1.54, 1.807) is 0 Å². The molecule has 2 fully saturated rings. The number of hydrogen-bond acceptors (Lipinski definition) is 2. The zero-order valence-electron chi connectivity index (χ0n) is 11.6. The molecule has 2 aliphatic rings. The van der Waals surface area contributed by atoms with Gasteiger partial charge in [0, 0.05) is 25.6 Å². The summed E-state index contributed by atoms with van der Waals surface area (Å²) in [4.78, 5) is 16.8. The van der Waals surface area contributed by atoms with E-state index in [-0.39, 0.29) is 0 Å². The Morgan fingerprint density at radius 1 is 1.16 bits per heavy atom. The van der Waals surface area contributed by atoms with E-state index in [2.05, 4.69) is 41.1 Å². The first kappa shape index (κ1) is 12.7. The molecule has 102 valence electrons. The van der Waals surface area contributed by atoms with Gasteiger partial charge in [-0.05, 0) is 25.5 Å². The lowest BCUT2D eigenvalue weighted by Crippen LogP contribution is -2.51. The monoisotopic (exact) mass is 258 g/mol. The average Bonchev–Trinajstić information content (AvgIpc) is 2.38. The molecule has 1 heterocycles. The summed E-state index contributed by atoms with van der Waals surface area (Å²) >= 11 is 0. The van der Waals surface area contributed by atoms with Crippen molar-refractivity contribution in [1.82, 2.24) is 9.80 Å². The highest BCUT2D eigenvalue weighted by Gasteiger charge is 2.34. The van der Waals surface area contributed by atoms with Gasteiger partial charge in [0.15, 0.2) is 0 Å². The van der Waals surface area contributed by atoms with Crippen molar-refractivity contribution >= 4 is 5.91 Å². The summed E-state index contributed by atoms with van der Waals surface area (Å²) in [6.07, 6.45) is 3.43. The summed E-state index contributed by atoms with van der Waals surface area (Å²) in [6, 6.07) is 10.9. The summed E-state index contributed by atoms with van der Waals surface area (Å²) in [5.41, 5.74) is 1.32. The average molecular weight is 258 g/mol. The van der Waals surface area contributed by atoms with Crippen molar-refractivity contribution in [2.45, 2.75) is 25.3 Å². The predicted octanol–water partition coefficient (Wildman–Crippen LogP) is 2.30. The molecule has 1 aliphatic heterocycles. The van der Waals surface area contributed by atoms with Crippen molar-refractivity contribution < 1.29 is 4.79 Å². The van der Waals surface area contributed by atoms with Crippen LogP contribution in [0.4, 0.5) is 0 Å². The van der Waals surface area contributed by atoms with E-state index < -0.39 is 0 Å². The standard InChI is InChI=1S/C16H22N2O/c1-17-10-11-18(16(19)14-8-5-9-14)12-15(17)13-6-3-2-4-7-13/h2-4,6-7,14-15H,5,8-12H2,1H3. The smallest absolute Gasteiger partial charge is 0.225 e. The van der Waals surface area contributed by atoms with Gasteiger partial charge in [-0.15, -0.1) is 0 Å². The lowest BCUT2D eigenvalue weighted by Gasteiger charge is -2.42. The Kier molecular flexibility index (Phi) is 3.56. The molecule has 0 spiro atoms. The summed E-state index contributed by atoms with van der Waals surface area (Å²) in [6.45, 7) is 2.70. The molecule has 1 aromatic rings. The van der Waals surface area contributed by atoms with Crippen LogP contribution in [-0.4, -0.2) is 42.4 Å². The fourth-order valence-corrected chi connectivity index (χ4v) is 3.02. The molecular weight excluding hydrogens is 236 g/mol. The molecule has 1 aromatic carbocycles. The van der Waals surface area contributed by atoms with Crippen LogP contribution in [-0.2, 0) is 4.79 Å². The highest BCUT2D eigenvalue weighted by atomic mass is 16.2. The van der Waals surface area contributed by atoms with Crippen LogP contribution in [0.2, 0.25) is 0 Å². The predicted molar refractivity (Wildman–Crippen MR) is 75.7 cm³/mol. The minimum Gasteiger partial charge on any atom is -0.339 e. The third kappa shape index (κ3) is 2.52. The first-order valence-electron chi connectivity index (χ1n) is 7.29. The van der Waals surface area contributed by atoms with Gasteiger partial charge in [0.2, 0.25) is 5.91 Å². The van der Waals surface area contributed by atoms with Crippen molar-refractivity contribution in [3.8, 4) is 0 Å². The van der Waals surface area contributed by atoms with Gasteiger partial charge in [-0.25, -0.2) is 0 Å². The van der Waals surface area contributed by atoms with Gasteiger partial charge in [0.25, 0.3) is 0 Å². The molecule has 1 saturated heterocycles. The molecule has 1 saturated carbocycles. The van der Waals surface area contributed by atoms with Gasteiger partial charge in [0.05, 0.1) is 6.04 Å². The fourth-order valence-electron chi connectivity index (χ4n) is 3.02. The lowest BCUT2D eigenvalue weighted by molar-refractivity contribution is -0.141. The Labute approximate surface area is 115 Å². The maximum Gasteiger partial charge on any atom is 0.225 e. The number of carbonyl (C=O) groups is 1. The summed E-state index contributed by atoms with van der Waals surface area (Å²) in [7, 11) is 2.16. The Morgan fingerprint density at radius 2 is 1.89 bits per heavy atom. The van der Waals surface area contributed by atoms with Crippen LogP contribution in [0.1, 0.15) is 30.9 Å². The molecule has 1 unspecified atom stereocenters. The third-order valence-electron chi connectivity index (χ3n) is 4.60. The molecule has 1 aliphatic carbocycles. The molecule has 3 nitrogen and oxygen atoms in total. The molecule has 1 atom stereocenters. The first-order chi connectivity index (χ1) is 9.25. The van der Waals surface area contributed by atoms with Gasteiger partial charge in [-0.1, -0.05) is 36.8 Å². The highest BCUT2D eigenvalue weighted by molar-refractivity contribution is 5.79. The molecule has 19 heavy (non-hydrogen) atoms. The molecule has 0 N–H and O–H groups in total. The van der Waals surface area contributed by atoms with Crippen molar-refractivity contribution in [1.29, 1.82) is 0 Å². The Balaban J connectivity index is 1.72. The summed E-state index contributed by atoms with van der Waals surface area (Å²) < 4.78 is 0. The molecule has 3 heteroatoms. The summed E-state index contributed by atoms with van der Waals surface area (Å²) in [5, 5.41) is 0. The minimum atomic E-state index is 0.319. The maximum absolute atomic E-state index is 12.4. The van der Waals surface area contributed by atoms with Gasteiger partial charge in [-0.2, -0.15) is 0 Å². The molecule has 0 bridgehead atoms. The van der Waals surface area contributed by atoms with Crippen LogP contribution in [0.15, 0.2) is 30.3 Å². The van der Waals surface area contributed by atoms with E-state index in [1.165, 1.54) is 12.0 Å². The van der Waals surface area contributed by atoms with Crippen molar-refractivity contribution in [3.05, 3.63) is 35.9 Å². The molecule has 3 rings (SSSR count). The van der Waals surface area contributed by atoms with Crippen LogP contribution in [0.25, 0.3) is 0 Å². The quantitative estimate of drug-likeness (QED) is 0.812. The topological polar surface area (TPSA) is 23.6 Å². The normalized spacial score (nSPS) is 25.1. The molecular formula is C16H22N2O. The number of amides is 1. The number of nitrogens with zero attached hydrogens (tertiary/aromatic N) is 2. The second-order valence-electron chi connectivity index (χ2n) is 5.82. The van der Waals surface area contributed by atoms with E-state index in [0.717, 1.165) is 32.5 Å². The van der Waals surface area contributed by atoms with Crippen LogP contribution >= 0.6 is 0 Å². The first-order valence-corrected chi connectivity index (χ1v) is 7.29. The second-order valence-corrected chi connectivity index (χ2v) is 5.82. The van der Waals surface area contributed by atoms with Crippen molar-refractivity contribution in [3.63, 3.8) is 0 Å². The number of benzene rings is 1. The van der Waals surface area contributed by atoms with Gasteiger partial charge < -0.3 is 4.90 Å². The SMILES string of the molecule is CN1CCN(C(=O)C2CCC2)CC1c1ccccc1.